The van der Waals surface area contributed by atoms with Gasteiger partial charge in [0.05, 0.1) is 18.8 Å². The third-order valence-corrected chi connectivity index (χ3v) is 5.04. The van der Waals surface area contributed by atoms with Gasteiger partial charge in [-0.3, -0.25) is 4.79 Å². The molecule has 1 amide bonds. The van der Waals surface area contributed by atoms with Crippen molar-refractivity contribution in [2.24, 2.45) is 11.8 Å². The standard InChI is InChI=1S/C21H29NO6/c23-18-12-19(24)17(16(18)10-6-1-2-7-11-20(25)26)14-28-21(27)22-13-15-8-4-3-5-9-15/h1,3-6,8-9,16-19,23-24H,2,7,10-14H2,(H,22,27)(H,25,26)/t16?,17-,18+,19-/m1/s1. The fourth-order valence-corrected chi connectivity index (χ4v) is 3.47. The summed E-state index contributed by atoms with van der Waals surface area (Å²) >= 11 is 0. The number of unbranched alkanes of at least 4 members (excludes halogenated alkanes) is 1. The second-order valence-corrected chi connectivity index (χ2v) is 7.13. The summed E-state index contributed by atoms with van der Waals surface area (Å²) in [6, 6.07) is 9.47. The summed E-state index contributed by atoms with van der Waals surface area (Å²) in [5.74, 6) is -1.35. The maximum Gasteiger partial charge on any atom is 0.407 e. The summed E-state index contributed by atoms with van der Waals surface area (Å²) in [4.78, 5) is 22.4. The molecule has 2 rings (SSSR count). The van der Waals surface area contributed by atoms with Crippen LogP contribution in [0.2, 0.25) is 0 Å². The van der Waals surface area contributed by atoms with Gasteiger partial charge in [-0.15, -0.1) is 0 Å². The predicted molar refractivity (Wildman–Crippen MR) is 103 cm³/mol. The van der Waals surface area contributed by atoms with E-state index in [4.69, 9.17) is 9.84 Å². The Balaban J connectivity index is 1.75. The molecule has 7 heteroatoms. The van der Waals surface area contributed by atoms with E-state index in [1.807, 2.05) is 42.5 Å². The SMILES string of the molecule is O=C(O)CCCC=CCC1[C@@H](COC(=O)NCc2ccccc2)[C@H](O)C[C@@H]1O. The van der Waals surface area contributed by atoms with E-state index in [9.17, 15) is 19.8 Å². The summed E-state index contributed by atoms with van der Waals surface area (Å²) in [5.41, 5.74) is 0.960. The molecule has 0 radical (unpaired) electrons. The molecule has 1 aliphatic carbocycles. The third-order valence-electron chi connectivity index (χ3n) is 5.04. The Kier molecular flexibility index (Phi) is 8.97. The largest absolute Gasteiger partial charge is 0.481 e. The fourth-order valence-electron chi connectivity index (χ4n) is 3.47. The molecule has 0 aromatic heterocycles. The maximum atomic E-state index is 11.9. The number of carboxylic acids is 1. The molecule has 1 aromatic rings. The average molecular weight is 391 g/mol. The van der Waals surface area contributed by atoms with Crippen molar-refractivity contribution >= 4 is 12.1 Å². The molecule has 1 aromatic carbocycles. The summed E-state index contributed by atoms with van der Waals surface area (Å²) in [5, 5.41) is 31.7. The van der Waals surface area contributed by atoms with Gasteiger partial charge in [0.15, 0.2) is 0 Å². The van der Waals surface area contributed by atoms with E-state index in [0.29, 0.717) is 25.8 Å². The van der Waals surface area contributed by atoms with E-state index in [1.54, 1.807) is 0 Å². The van der Waals surface area contributed by atoms with Crippen molar-refractivity contribution in [3.63, 3.8) is 0 Å². The summed E-state index contributed by atoms with van der Waals surface area (Å²) in [6.07, 6.45) is 4.02. The number of allylic oxidation sites excluding steroid dienone is 2. The molecule has 154 valence electrons. The molecular formula is C21H29NO6. The first-order chi connectivity index (χ1) is 13.5. The molecule has 4 atom stereocenters. The number of alkyl carbamates (subject to hydrolysis) is 1. The van der Waals surface area contributed by atoms with Gasteiger partial charge in [0.2, 0.25) is 0 Å². The minimum Gasteiger partial charge on any atom is -0.481 e. The summed E-state index contributed by atoms with van der Waals surface area (Å²) in [6.45, 7) is 0.397. The minimum absolute atomic E-state index is 0.0381. The van der Waals surface area contributed by atoms with Gasteiger partial charge < -0.3 is 25.4 Å². The maximum absolute atomic E-state index is 11.9. The van der Waals surface area contributed by atoms with Crippen LogP contribution in [0.5, 0.6) is 0 Å². The molecule has 0 spiro atoms. The van der Waals surface area contributed by atoms with Crippen LogP contribution in [0, 0.1) is 11.8 Å². The van der Waals surface area contributed by atoms with E-state index in [0.717, 1.165) is 5.56 Å². The molecule has 1 aliphatic rings. The molecule has 0 heterocycles. The number of hydrogen-bond acceptors (Lipinski definition) is 5. The van der Waals surface area contributed by atoms with Crippen molar-refractivity contribution in [3.05, 3.63) is 48.0 Å². The molecule has 0 bridgehead atoms. The molecular weight excluding hydrogens is 362 g/mol. The van der Waals surface area contributed by atoms with Gasteiger partial charge in [0, 0.05) is 18.9 Å². The Morgan fingerprint density at radius 2 is 1.82 bits per heavy atom. The van der Waals surface area contributed by atoms with Crippen LogP contribution in [0.4, 0.5) is 4.79 Å². The molecule has 1 unspecified atom stereocenters. The first kappa shape index (κ1) is 21.9. The number of aliphatic hydroxyl groups is 2. The third kappa shape index (κ3) is 7.32. The van der Waals surface area contributed by atoms with Crippen LogP contribution in [0.15, 0.2) is 42.5 Å². The lowest BCUT2D eigenvalue weighted by Crippen LogP contribution is -2.31. The van der Waals surface area contributed by atoms with Crippen molar-refractivity contribution in [3.8, 4) is 0 Å². The number of benzene rings is 1. The number of carbonyl (C=O) groups excluding carboxylic acids is 1. The van der Waals surface area contributed by atoms with Crippen LogP contribution in [-0.2, 0) is 16.1 Å². The zero-order chi connectivity index (χ0) is 20.4. The van der Waals surface area contributed by atoms with E-state index in [2.05, 4.69) is 5.32 Å². The van der Waals surface area contributed by atoms with Crippen LogP contribution in [0.25, 0.3) is 0 Å². The Bertz CT molecular complexity index is 648. The number of carbonyl (C=O) groups is 2. The number of nitrogens with one attached hydrogen (secondary N) is 1. The summed E-state index contributed by atoms with van der Waals surface area (Å²) in [7, 11) is 0. The van der Waals surface area contributed by atoms with Crippen LogP contribution in [0.3, 0.4) is 0 Å². The van der Waals surface area contributed by atoms with Gasteiger partial charge in [-0.2, -0.15) is 0 Å². The Morgan fingerprint density at radius 3 is 2.54 bits per heavy atom. The fraction of sp³-hybridized carbons (Fsp3) is 0.524. The van der Waals surface area contributed by atoms with Gasteiger partial charge in [0.1, 0.15) is 0 Å². The van der Waals surface area contributed by atoms with Gasteiger partial charge in [0.25, 0.3) is 0 Å². The van der Waals surface area contributed by atoms with Crippen LogP contribution < -0.4 is 5.32 Å². The zero-order valence-corrected chi connectivity index (χ0v) is 15.9. The quantitative estimate of drug-likeness (QED) is 0.360. The average Bonchev–Trinajstić information content (AvgIpc) is 2.94. The smallest absolute Gasteiger partial charge is 0.407 e. The summed E-state index contributed by atoms with van der Waals surface area (Å²) < 4.78 is 5.26. The lowest BCUT2D eigenvalue weighted by molar-refractivity contribution is -0.137. The van der Waals surface area contributed by atoms with Crippen LogP contribution in [0.1, 0.15) is 37.7 Å². The Hall–Kier alpha value is -2.38. The highest BCUT2D eigenvalue weighted by Crippen LogP contribution is 2.35. The Morgan fingerprint density at radius 1 is 1.11 bits per heavy atom. The second kappa shape index (κ2) is 11.5. The number of hydrogen-bond donors (Lipinski definition) is 4. The highest BCUT2D eigenvalue weighted by molar-refractivity contribution is 5.67. The highest BCUT2D eigenvalue weighted by atomic mass is 16.5. The van der Waals surface area contributed by atoms with Crippen molar-refractivity contribution in [1.29, 1.82) is 0 Å². The van der Waals surface area contributed by atoms with Crippen molar-refractivity contribution in [2.45, 2.75) is 50.9 Å². The Labute approximate surface area is 165 Å². The normalized spacial score (nSPS) is 24.4. The van der Waals surface area contributed by atoms with Gasteiger partial charge in [-0.1, -0.05) is 42.5 Å². The number of ether oxygens (including phenoxy) is 1. The molecule has 28 heavy (non-hydrogen) atoms. The molecule has 1 fully saturated rings. The van der Waals surface area contributed by atoms with Crippen LogP contribution >= 0.6 is 0 Å². The lowest BCUT2D eigenvalue weighted by Gasteiger charge is -2.22. The first-order valence-electron chi connectivity index (χ1n) is 9.65. The number of rotatable bonds is 10. The predicted octanol–water partition coefficient (Wildman–Crippen LogP) is 2.47. The van der Waals surface area contributed by atoms with Crippen molar-refractivity contribution < 1.29 is 29.6 Å². The minimum atomic E-state index is -0.814. The number of amides is 1. The highest BCUT2D eigenvalue weighted by Gasteiger charge is 2.41. The molecule has 7 nitrogen and oxygen atoms in total. The monoisotopic (exact) mass is 391 g/mol. The van der Waals surface area contributed by atoms with Crippen molar-refractivity contribution in [1.82, 2.24) is 5.32 Å². The van der Waals surface area contributed by atoms with Crippen molar-refractivity contribution in [2.75, 3.05) is 6.61 Å². The molecule has 0 aliphatic heterocycles. The van der Waals surface area contributed by atoms with Gasteiger partial charge in [-0.05, 0) is 37.2 Å². The van der Waals surface area contributed by atoms with Gasteiger partial charge in [-0.25, -0.2) is 4.79 Å². The molecule has 4 N–H and O–H groups in total. The molecule has 1 saturated carbocycles. The number of aliphatic carboxylic acids is 1. The van der Waals surface area contributed by atoms with E-state index < -0.39 is 24.3 Å². The van der Waals surface area contributed by atoms with E-state index >= 15 is 0 Å². The number of carboxylic acid groups (broad SMARTS) is 1. The number of aliphatic hydroxyl groups excluding tert-OH is 2. The van der Waals surface area contributed by atoms with E-state index in [1.165, 1.54) is 0 Å². The van der Waals surface area contributed by atoms with Crippen LogP contribution in [-0.4, -0.2) is 46.2 Å². The van der Waals surface area contributed by atoms with E-state index in [-0.39, 0.29) is 31.3 Å². The topological polar surface area (TPSA) is 116 Å². The molecule has 0 saturated heterocycles. The van der Waals surface area contributed by atoms with Gasteiger partial charge >= 0.3 is 12.1 Å². The lowest BCUT2D eigenvalue weighted by atomic mass is 9.91. The zero-order valence-electron chi connectivity index (χ0n) is 15.9. The first-order valence-corrected chi connectivity index (χ1v) is 9.65. The second-order valence-electron chi connectivity index (χ2n) is 7.13.